The average Bonchev–Trinajstić information content (AvgIpc) is 3.13. The van der Waals surface area contributed by atoms with Crippen LogP contribution in [0.1, 0.15) is 18.1 Å². The van der Waals surface area contributed by atoms with Crippen LogP contribution in [0.4, 0.5) is 26.3 Å². The lowest BCUT2D eigenvalue weighted by Crippen LogP contribution is -2.51. The second-order valence-electron chi connectivity index (χ2n) is 8.50. The largest absolute Gasteiger partial charge is 0.479 e. The highest BCUT2D eigenvalue weighted by atomic mass is 35.5. The molecule has 1 aromatic heterocycles. The molecule has 0 saturated heterocycles. The summed E-state index contributed by atoms with van der Waals surface area (Å²) in [6.45, 7) is -1.38. The first-order valence-electron chi connectivity index (χ1n) is 10.8. The number of hydrogen-bond donors (Lipinski definition) is 3. The zero-order valence-electron chi connectivity index (χ0n) is 19.7. The molecule has 0 aliphatic rings. The predicted octanol–water partition coefficient (Wildman–Crippen LogP) is 3.42. The summed E-state index contributed by atoms with van der Waals surface area (Å²) in [5.74, 6) is -3.31. The van der Waals surface area contributed by atoms with Crippen molar-refractivity contribution in [2.24, 2.45) is 0 Å². The summed E-state index contributed by atoms with van der Waals surface area (Å²) in [6.07, 6.45) is -12.9. The molecule has 39 heavy (non-hydrogen) atoms. The number of carbonyl (C=O) groups is 2. The van der Waals surface area contributed by atoms with Gasteiger partial charge in [0, 0.05) is 10.6 Å². The highest BCUT2D eigenvalue weighted by Crippen LogP contribution is 2.32. The minimum atomic E-state index is -5.09. The van der Waals surface area contributed by atoms with Gasteiger partial charge in [-0.05, 0) is 48.9 Å². The molecule has 210 valence electrons. The fourth-order valence-electron chi connectivity index (χ4n) is 3.51. The van der Waals surface area contributed by atoms with Crippen LogP contribution in [0.5, 0.6) is 0 Å². The highest BCUT2D eigenvalue weighted by molar-refractivity contribution is 6.30. The Kier molecular flexibility index (Phi) is 8.17. The summed E-state index contributed by atoms with van der Waals surface area (Å²) >= 11 is 5.81. The van der Waals surface area contributed by atoms with Crippen molar-refractivity contribution in [2.75, 3.05) is 0 Å². The minimum absolute atomic E-state index is 0.101. The maximum atomic E-state index is 13.1. The number of amides is 1. The molecule has 9 nitrogen and oxygen atoms in total. The number of carbonyl (C=O) groups excluding carboxylic acids is 1. The number of nitrogens with zero attached hydrogens (tertiary/aromatic N) is 3. The number of hydrogen-bond acceptors (Lipinski definition) is 5. The molecule has 0 bridgehead atoms. The predicted molar refractivity (Wildman–Crippen MR) is 124 cm³/mol. The lowest BCUT2D eigenvalue weighted by molar-refractivity contribution is -0.207. The van der Waals surface area contributed by atoms with Crippen molar-refractivity contribution < 1.29 is 46.1 Å². The molecule has 1 amide bonds. The van der Waals surface area contributed by atoms with Crippen molar-refractivity contribution in [2.45, 2.75) is 44.0 Å². The molecule has 3 rings (SSSR count). The molecule has 0 fully saturated rings. The van der Waals surface area contributed by atoms with Gasteiger partial charge in [-0.1, -0.05) is 23.7 Å². The van der Waals surface area contributed by atoms with Crippen LogP contribution in [0, 0.1) is 0 Å². The van der Waals surface area contributed by atoms with E-state index in [0.717, 1.165) is 19.1 Å². The number of aliphatic hydroxyl groups is 1. The third kappa shape index (κ3) is 6.60. The van der Waals surface area contributed by atoms with E-state index >= 15 is 0 Å². The Balaban J connectivity index is 1.98. The molecule has 2 aromatic carbocycles. The van der Waals surface area contributed by atoms with Crippen LogP contribution in [0.25, 0.3) is 11.4 Å². The van der Waals surface area contributed by atoms with E-state index < -0.39 is 65.8 Å². The van der Waals surface area contributed by atoms with Crippen molar-refractivity contribution >= 4 is 23.5 Å². The number of rotatable bonds is 8. The molecule has 0 aliphatic carbocycles. The summed E-state index contributed by atoms with van der Waals surface area (Å²) in [6, 6.07) is 8.57. The van der Waals surface area contributed by atoms with E-state index in [2.05, 4.69) is 5.10 Å². The molecule has 0 radical (unpaired) electrons. The Morgan fingerprint density at radius 2 is 1.64 bits per heavy atom. The fourth-order valence-corrected chi connectivity index (χ4v) is 3.63. The SMILES string of the molecule is C[C@](NC(=O)Cn1nc(-c2ccc(Cl)cc2)n(C[C@H](O)C(F)(F)F)c1=O)(C(=O)O)c1cccc(C(F)(F)F)c1. The number of aliphatic carboxylic acids is 1. The van der Waals surface area contributed by atoms with Gasteiger partial charge < -0.3 is 15.5 Å². The number of benzene rings is 2. The topological polar surface area (TPSA) is 126 Å². The molecule has 3 N–H and O–H groups in total. The quantitative estimate of drug-likeness (QED) is 0.351. The Morgan fingerprint density at radius 3 is 2.18 bits per heavy atom. The molecular formula is C23H19ClF6N4O5. The molecule has 1 heterocycles. The molecule has 0 saturated carbocycles. The summed E-state index contributed by atoms with van der Waals surface area (Å²) in [5.41, 5.74) is -5.16. The lowest BCUT2D eigenvalue weighted by Gasteiger charge is -2.27. The summed E-state index contributed by atoms with van der Waals surface area (Å²) in [4.78, 5) is 37.7. The number of aliphatic hydroxyl groups excluding tert-OH is 1. The Labute approximate surface area is 220 Å². The van der Waals surface area contributed by atoms with E-state index in [1.807, 2.05) is 5.32 Å². The summed E-state index contributed by atoms with van der Waals surface area (Å²) < 4.78 is 79.3. The van der Waals surface area contributed by atoms with Crippen molar-refractivity contribution in [3.8, 4) is 11.4 Å². The second kappa shape index (κ2) is 10.7. The third-order valence-electron chi connectivity index (χ3n) is 5.64. The van der Waals surface area contributed by atoms with Gasteiger partial charge in [0.05, 0.1) is 12.1 Å². The molecule has 0 unspecified atom stereocenters. The first-order chi connectivity index (χ1) is 17.9. The van der Waals surface area contributed by atoms with Crippen LogP contribution >= 0.6 is 11.6 Å². The zero-order valence-corrected chi connectivity index (χ0v) is 20.5. The first kappa shape index (κ1) is 29.7. The summed E-state index contributed by atoms with van der Waals surface area (Å²) in [7, 11) is 0. The van der Waals surface area contributed by atoms with Crippen LogP contribution in [0.15, 0.2) is 53.3 Å². The van der Waals surface area contributed by atoms with Gasteiger partial charge in [-0.3, -0.25) is 9.36 Å². The fraction of sp³-hybridized carbons (Fsp3) is 0.304. The monoisotopic (exact) mass is 580 g/mol. The van der Waals surface area contributed by atoms with Gasteiger partial charge in [-0.25, -0.2) is 14.3 Å². The number of carboxylic acid groups (broad SMARTS) is 1. The van der Waals surface area contributed by atoms with Gasteiger partial charge in [0.25, 0.3) is 0 Å². The van der Waals surface area contributed by atoms with Gasteiger partial charge in [-0.15, -0.1) is 5.10 Å². The second-order valence-corrected chi connectivity index (χ2v) is 8.93. The zero-order chi connectivity index (χ0) is 29.3. The average molecular weight is 581 g/mol. The van der Waals surface area contributed by atoms with E-state index in [4.69, 9.17) is 11.6 Å². The Bertz CT molecular complexity index is 1430. The number of nitrogens with one attached hydrogen (secondary N) is 1. The van der Waals surface area contributed by atoms with E-state index in [1.54, 1.807) is 0 Å². The van der Waals surface area contributed by atoms with E-state index in [0.29, 0.717) is 21.4 Å². The van der Waals surface area contributed by atoms with Gasteiger partial charge in [0.2, 0.25) is 5.91 Å². The van der Waals surface area contributed by atoms with E-state index in [9.17, 15) is 50.9 Å². The first-order valence-corrected chi connectivity index (χ1v) is 11.2. The van der Waals surface area contributed by atoms with E-state index in [1.165, 1.54) is 24.3 Å². The lowest BCUT2D eigenvalue weighted by atomic mass is 9.90. The van der Waals surface area contributed by atoms with Crippen molar-refractivity contribution in [1.29, 1.82) is 0 Å². The standard InChI is InChI=1S/C23H19ClF6N4O5/c1-21(19(37)38,13-3-2-4-14(9-13)22(25,26)27)31-17(36)11-34-20(39)33(10-16(35)23(28,29)30)18(32-34)12-5-7-15(24)8-6-12/h2-9,16,35H,10-11H2,1H3,(H,31,36)(H,37,38)/t16-,21+/m0/s1. The number of aromatic nitrogens is 3. The Hall–Kier alpha value is -3.85. The molecule has 0 spiro atoms. The van der Waals surface area contributed by atoms with Gasteiger partial charge in [0.1, 0.15) is 6.54 Å². The van der Waals surface area contributed by atoms with Crippen molar-refractivity contribution in [1.82, 2.24) is 19.7 Å². The Morgan fingerprint density at radius 1 is 1.05 bits per heavy atom. The highest BCUT2D eigenvalue weighted by Gasteiger charge is 2.41. The maximum absolute atomic E-state index is 13.1. The number of carboxylic acids is 1. The van der Waals surface area contributed by atoms with E-state index in [-0.39, 0.29) is 16.4 Å². The molecule has 0 aliphatic heterocycles. The molecule has 3 aromatic rings. The van der Waals surface area contributed by atoms with Crippen LogP contribution in [-0.4, -0.2) is 48.7 Å². The smallest absolute Gasteiger partial charge is 0.416 e. The minimum Gasteiger partial charge on any atom is -0.479 e. The van der Waals surface area contributed by atoms with Crippen molar-refractivity contribution in [3.05, 3.63) is 75.2 Å². The maximum Gasteiger partial charge on any atom is 0.416 e. The van der Waals surface area contributed by atoms with Gasteiger partial charge in [-0.2, -0.15) is 26.3 Å². The summed E-state index contributed by atoms with van der Waals surface area (Å²) in [5, 5.41) is 25.4. The van der Waals surface area contributed by atoms with Crippen LogP contribution in [-0.2, 0) is 34.4 Å². The van der Waals surface area contributed by atoms with Gasteiger partial charge in [0.15, 0.2) is 17.5 Å². The third-order valence-corrected chi connectivity index (χ3v) is 5.89. The number of halogens is 7. The normalized spacial score (nSPS) is 14.5. The van der Waals surface area contributed by atoms with Crippen LogP contribution in [0.3, 0.4) is 0 Å². The molecular weight excluding hydrogens is 562 g/mol. The molecule has 16 heteroatoms. The number of alkyl halides is 6. The molecule has 2 atom stereocenters. The van der Waals surface area contributed by atoms with Crippen molar-refractivity contribution in [3.63, 3.8) is 0 Å². The van der Waals surface area contributed by atoms with Crippen LogP contribution in [0.2, 0.25) is 5.02 Å². The van der Waals surface area contributed by atoms with Crippen LogP contribution < -0.4 is 11.0 Å². The van der Waals surface area contributed by atoms with Gasteiger partial charge >= 0.3 is 24.0 Å².